The number of ether oxygens (including phenoxy) is 1. The summed E-state index contributed by atoms with van der Waals surface area (Å²) < 4.78 is 83.0. The molecule has 2 rings (SSSR count). The minimum atomic E-state index is -5.85. The number of hydrogen-bond acceptors (Lipinski definition) is 4. The van der Waals surface area contributed by atoms with E-state index in [1.165, 1.54) is 0 Å². The lowest BCUT2D eigenvalue weighted by molar-refractivity contribution is -0.219. The van der Waals surface area contributed by atoms with Crippen LogP contribution in [0.5, 0.6) is 0 Å². The van der Waals surface area contributed by atoms with Crippen molar-refractivity contribution in [1.82, 2.24) is 4.31 Å². The molecule has 138 valence electrons. The maximum absolute atomic E-state index is 15.3. The summed E-state index contributed by atoms with van der Waals surface area (Å²) in [7, 11) is -5.85. The molecule has 5 nitrogen and oxygen atoms in total. The van der Waals surface area contributed by atoms with E-state index in [0.29, 0.717) is 6.20 Å². The Balaban J connectivity index is 2.74. The highest BCUT2D eigenvalue weighted by molar-refractivity contribution is 7.90. The third-order valence-corrected chi connectivity index (χ3v) is 6.19. The van der Waals surface area contributed by atoms with Crippen molar-refractivity contribution < 1.29 is 35.5 Å². The summed E-state index contributed by atoms with van der Waals surface area (Å²) in [6.07, 6.45) is -0.611. The molecule has 0 unspecified atom stereocenters. The van der Waals surface area contributed by atoms with Crippen molar-refractivity contribution in [2.75, 3.05) is 0 Å². The van der Waals surface area contributed by atoms with Crippen LogP contribution < -0.4 is 0 Å². The van der Waals surface area contributed by atoms with E-state index in [1.54, 1.807) is 20.8 Å². The molecule has 3 atom stereocenters. The molecule has 2 aliphatic rings. The second-order valence-electron chi connectivity index (χ2n) is 7.60. The van der Waals surface area contributed by atoms with Crippen LogP contribution >= 0.6 is 0 Å². The number of halogens is 4. The lowest BCUT2D eigenvalue weighted by Crippen LogP contribution is -2.72. The Morgan fingerprint density at radius 1 is 1.21 bits per heavy atom. The summed E-state index contributed by atoms with van der Waals surface area (Å²) in [5, 5.41) is 0. The van der Waals surface area contributed by atoms with Gasteiger partial charge in [0.25, 0.3) is 0 Å². The van der Waals surface area contributed by atoms with Crippen molar-refractivity contribution in [3.63, 3.8) is 0 Å². The van der Waals surface area contributed by atoms with Gasteiger partial charge in [-0.05, 0) is 19.9 Å². The van der Waals surface area contributed by atoms with Gasteiger partial charge in [-0.25, -0.2) is 4.39 Å². The fourth-order valence-corrected chi connectivity index (χ4v) is 4.21. The molecule has 1 fully saturated rings. The van der Waals surface area contributed by atoms with Crippen LogP contribution in [0.3, 0.4) is 0 Å². The molecule has 0 aromatic heterocycles. The Hall–Kier alpha value is -1.32. The summed E-state index contributed by atoms with van der Waals surface area (Å²) in [6, 6.07) is -1.87. The predicted octanol–water partition coefficient (Wildman–Crippen LogP) is 2.74. The first kappa shape index (κ1) is 19.0. The zero-order valence-corrected chi connectivity index (χ0v) is 14.6. The highest BCUT2D eigenvalue weighted by atomic mass is 32.2. The zero-order chi connectivity index (χ0) is 18.9. The smallest absolute Gasteiger partial charge is 0.450 e. The Morgan fingerprint density at radius 2 is 1.71 bits per heavy atom. The average Bonchev–Trinajstić information content (AvgIpc) is 2.35. The number of rotatable bonds is 1. The predicted molar refractivity (Wildman–Crippen MR) is 76.7 cm³/mol. The maximum Gasteiger partial charge on any atom is 0.516 e. The molecule has 0 N–H and O–H groups in total. The van der Waals surface area contributed by atoms with Gasteiger partial charge in [-0.15, -0.1) is 0 Å². The molecule has 1 saturated heterocycles. The SMILES string of the molecule is CC1(C)C(=O)O[C@@]2(C(C)(C)C)C=CN(S(=O)(=O)C(F)(F)F)[C@@H]1[C@@H]2F. The van der Waals surface area contributed by atoms with Crippen LogP contribution in [0, 0.1) is 10.8 Å². The van der Waals surface area contributed by atoms with E-state index in [0.717, 1.165) is 19.9 Å². The lowest BCUT2D eigenvalue weighted by Gasteiger charge is -2.57. The number of alkyl halides is 4. The summed E-state index contributed by atoms with van der Waals surface area (Å²) in [5.41, 5.74) is -10.3. The van der Waals surface area contributed by atoms with E-state index in [-0.39, 0.29) is 4.31 Å². The highest BCUT2D eigenvalue weighted by Gasteiger charge is 2.69. The summed E-state index contributed by atoms with van der Waals surface area (Å²) in [6.45, 7) is 7.00. The largest absolute Gasteiger partial charge is 0.516 e. The van der Waals surface area contributed by atoms with Crippen molar-refractivity contribution in [2.45, 2.75) is 57.9 Å². The fourth-order valence-electron chi connectivity index (χ4n) is 3.08. The molecular weight excluding hydrogens is 354 g/mol. The quantitative estimate of drug-likeness (QED) is 0.524. The van der Waals surface area contributed by atoms with Crippen molar-refractivity contribution >= 4 is 16.0 Å². The van der Waals surface area contributed by atoms with Gasteiger partial charge in [0.15, 0.2) is 11.8 Å². The van der Waals surface area contributed by atoms with Crippen LogP contribution in [-0.2, 0) is 19.6 Å². The van der Waals surface area contributed by atoms with Crippen LogP contribution in [-0.4, -0.2) is 42.0 Å². The molecule has 0 aromatic carbocycles. The first-order valence-electron chi connectivity index (χ1n) is 7.17. The van der Waals surface area contributed by atoms with Crippen molar-refractivity contribution in [1.29, 1.82) is 0 Å². The van der Waals surface area contributed by atoms with Crippen LogP contribution in [0.15, 0.2) is 12.3 Å². The van der Waals surface area contributed by atoms with Crippen molar-refractivity contribution in [3.05, 3.63) is 12.3 Å². The third-order valence-electron chi connectivity index (χ3n) is 4.70. The van der Waals surface area contributed by atoms with E-state index in [2.05, 4.69) is 0 Å². The average molecular weight is 373 g/mol. The maximum atomic E-state index is 15.3. The van der Waals surface area contributed by atoms with Gasteiger partial charge in [0.05, 0.1) is 11.5 Å². The standard InChI is InChI=1S/C14H19F4NO4S/c1-11(2,3)13-6-7-19(24(21,22)14(16,17)18)9(8(13)15)12(4,5)10(20)23-13/h6-9H,1-5H3/t8-,9+,13-/m0/s1. The zero-order valence-electron chi connectivity index (χ0n) is 13.8. The number of carbonyl (C=O) groups excluding carboxylic acids is 1. The van der Waals surface area contributed by atoms with Crippen LogP contribution in [0.2, 0.25) is 0 Å². The van der Waals surface area contributed by atoms with Crippen molar-refractivity contribution in [2.24, 2.45) is 10.8 Å². The van der Waals surface area contributed by atoms with Gasteiger partial charge in [-0.2, -0.15) is 21.6 Å². The molecule has 0 spiro atoms. The molecule has 10 heteroatoms. The minimum Gasteiger partial charge on any atom is -0.450 e. The van der Waals surface area contributed by atoms with Gasteiger partial charge in [-0.1, -0.05) is 20.8 Å². The second-order valence-corrected chi connectivity index (χ2v) is 9.43. The van der Waals surface area contributed by atoms with Gasteiger partial charge >= 0.3 is 21.5 Å². The van der Waals surface area contributed by atoms with Gasteiger partial charge in [0.2, 0.25) is 0 Å². The summed E-state index contributed by atoms with van der Waals surface area (Å²) >= 11 is 0. The van der Waals surface area contributed by atoms with Crippen LogP contribution in [0.4, 0.5) is 17.6 Å². The van der Waals surface area contributed by atoms with E-state index in [9.17, 15) is 26.4 Å². The molecule has 0 saturated carbocycles. The van der Waals surface area contributed by atoms with Gasteiger partial charge < -0.3 is 4.74 Å². The Bertz CT molecular complexity index is 693. The highest BCUT2D eigenvalue weighted by Crippen LogP contribution is 2.53. The number of fused-ring (bicyclic) bond motifs is 2. The van der Waals surface area contributed by atoms with E-state index in [4.69, 9.17) is 4.74 Å². The molecule has 0 aromatic rings. The molecule has 0 radical (unpaired) electrons. The first-order valence-corrected chi connectivity index (χ1v) is 8.61. The summed E-state index contributed by atoms with van der Waals surface area (Å²) in [5.74, 6) is -0.956. The van der Waals surface area contributed by atoms with E-state index in [1.807, 2.05) is 0 Å². The number of nitrogens with zero attached hydrogens (tertiary/aromatic N) is 1. The number of hydrogen-bond donors (Lipinski definition) is 0. The second kappa shape index (κ2) is 4.86. The topological polar surface area (TPSA) is 63.7 Å². The number of esters is 1. The normalized spacial score (nSPS) is 33.4. The van der Waals surface area contributed by atoms with Gasteiger partial charge in [0, 0.05) is 11.6 Å². The Kier molecular flexibility index (Phi) is 3.85. The van der Waals surface area contributed by atoms with Crippen molar-refractivity contribution in [3.8, 4) is 0 Å². The molecular formula is C14H19F4NO4S. The molecule has 24 heavy (non-hydrogen) atoms. The molecule has 2 heterocycles. The molecule has 0 aliphatic carbocycles. The Morgan fingerprint density at radius 3 is 2.12 bits per heavy atom. The van der Waals surface area contributed by atoms with Gasteiger partial charge in [-0.3, -0.25) is 9.10 Å². The monoisotopic (exact) mass is 373 g/mol. The molecule has 0 amide bonds. The van der Waals surface area contributed by atoms with E-state index < -0.39 is 50.1 Å². The minimum absolute atomic E-state index is 0.0952. The van der Waals surface area contributed by atoms with Crippen LogP contribution in [0.1, 0.15) is 34.6 Å². The summed E-state index contributed by atoms with van der Waals surface area (Å²) in [4.78, 5) is 12.3. The molecule has 2 aliphatic heterocycles. The van der Waals surface area contributed by atoms with Crippen LogP contribution in [0.25, 0.3) is 0 Å². The number of carbonyl (C=O) groups is 1. The first-order chi connectivity index (χ1) is 10.5. The van der Waals surface area contributed by atoms with E-state index >= 15 is 4.39 Å². The lowest BCUT2D eigenvalue weighted by atomic mass is 9.64. The molecule has 2 bridgehead atoms. The van der Waals surface area contributed by atoms with Gasteiger partial charge in [0.1, 0.15) is 0 Å². The number of sulfonamides is 1. The Labute approximate surface area is 137 Å². The fraction of sp³-hybridized carbons (Fsp3) is 0.786. The third kappa shape index (κ3) is 2.25.